The van der Waals surface area contributed by atoms with E-state index in [0.717, 1.165) is 43.3 Å². The third-order valence-electron chi connectivity index (χ3n) is 4.51. The van der Waals surface area contributed by atoms with E-state index in [2.05, 4.69) is 27.1 Å². The molecular formula is C14H24N4O. The molecule has 5 nitrogen and oxygen atoms in total. The average Bonchev–Trinajstić information content (AvgIpc) is 2.88. The number of piperidine rings is 2. The summed E-state index contributed by atoms with van der Waals surface area (Å²) < 4.78 is 5.62. The number of rotatable bonds is 3. The lowest BCUT2D eigenvalue weighted by atomic mass is 9.84. The van der Waals surface area contributed by atoms with Crippen molar-refractivity contribution in [3.05, 3.63) is 12.0 Å². The van der Waals surface area contributed by atoms with E-state index in [0.29, 0.717) is 0 Å². The zero-order valence-corrected chi connectivity index (χ0v) is 11.9. The number of hydrogen-bond acceptors (Lipinski definition) is 5. The lowest BCUT2D eigenvalue weighted by molar-refractivity contribution is 0.101. The SMILES string of the molecule is CNCc1coc(N2CCC3C(CCCN3C)C2)n1. The van der Waals surface area contributed by atoms with Gasteiger partial charge in [-0.3, -0.25) is 0 Å². The molecular weight excluding hydrogens is 240 g/mol. The Labute approximate surface area is 115 Å². The molecule has 2 aliphatic heterocycles. The zero-order valence-electron chi connectivity index (χ0n) is 11.9. The summed E-state index contributed by atoms with van der Waals surface area (Å²) in [4.78, 5) is 9.42. The molecule has 0 bridgehead atoms. The minimum Gasteiger partial charge on any atom is -0.432 e. The van der Waals surface area contributed by atoms with Crippen molar-refractivity contribution in [1.29, 1.82) is 0 Å². The van der Waals surface area contributed by atoms with Crippen LogP contribution in [0, 0.1) is 5.92 Å². The first-order valence-electron chi connectivity index (χ1n) is 7.32. The van der Waals surface area contributed by atoms with Crippen LogP contribution in [-0.2, 0) is 6.54 Å². The van der Waals surface area contributed by atoms with E-state index in [1.54, 1.807) is 6.26 Å². The average molecular weight is 264 g/mol. The fourth-order valence-corrected chi connectivity index (χ4v) is 3.53. The molecule has 0 amide bonds. The predicted molar refractivity (Wildman–Crippen MR) is 75.2 cm³/mol. The third kappa shape index (κ3) is 2.62. The lowest BCUT2D eigenvalue weighted by Crippen LogP contribution is -2.52. The second kappa shape index (κ2) is 5.51. The van der Waals surface area contributed by atoms with Crippen molar-refractivity contribution < 1.29 is 4.42 Å². The molecule has 2 saturated heterocycles. The van der Waals surface area contributed by atoms with Crippen LogP contribution in [0.5, 0.6) is 0 Å². The van der Waals surface area contributed by atoms with E-state index in [4.69, 9.17) is 4.42 Å². The summed E-state index contributed by atoms with van der Waals surface area (Å²) >= 11 is 0. The van der Waals surface area contributed by atoms with Gasteiger partial charge in [-0.1, -0.05) is 0 Å². The topological polar surface area (TPSA) is 44.5 Å². The predicted octanol–water partition coefficient (Wildman–Crippen LogP) is 1.31. The summed E-state index contributed by atoms with van der Waals surface area (Å²) in [5, 5.41) is 3.10. The maximum absolute atomic E-state index is 5.62. The Morgan fingerprint density at radius 2 is 2.32 bits per heavy atom. The molecule has 106 valence electrons. The van der Waals surface area contributed by atoms with Crippen LogP contribution in [-0.4, -0.2) is 49.7 Å². The maximum atomic E-state index is 5.62. The fourth-order valence-electron chi connectivity index (χ4n) is 3.53. The number of aromatic nitrogens is 1. The standard InChI is InChI=1S/C14H24N4O/c1-15-8-12-10-19-14(16-12)18-7-5-13-11(9-18)4-3-6-17(13)2/h10-11,13,15H,3-9H2,1-2H3. The molecule has 5 heteroatoms. The van der Waals surface area contributed by atoms with E-state index in [1.165, 1.54) is 25.8 Å². The molecule has 3 rings (SSSR count). The number of nitrogens with zero attached hydrogens (tertiary/aromatic N) is 3. The molecule has 2 unspecified atom stereocenters. The number of nitrogens with one attached hydrogen (secondary N) is 1. The fraction of sp³-hybridized carbons (Fsp3) is 0.786. The summed E-state index contributed by atoms with van der Waals surface area (Å²) in [6, 6.07) is 1.56. The summed E-state index contributed by atoms with van der Waals surface area (Å²) in [5.74, 6) is 0.771. The van der Waals surface area contributed by atoms with Crippen molar-refractivity contribution >= 4 is 6.01 Å². The Bertz CT molecular complexity index is 419. The van der Waals surface area contributed by atoms with Crippen molar-refractivity contribution in [3.8, 4) is 0 Å². The van der Waals surface area contributed by atoms with Crippen molar-refractivity contribution in [2.24, 2.45) is 5.92 Å². The van der Waals surface area contributed by atoms with E-state index in [1.807, 2.05) is 7.05 Å². The van der Waals surface area contributed by atoms with Crippen LogP contribution in [0.25, 0.3) is 0 Å². The highest BCUT2D eigenvalue weighted by Gasteiger charge is 2.35. The van der Waals surface area contributed by atoms with Gasteiger partial charge in [-0.2, -0.15) is 4.98 Å². The minimum absolute atomic E-state index is 0.761. The first-order valence-corrected chi connectivity index (χ1v) is 7.32. The number of anilines is 1. The van der Waals surface area contributed by atoms with Crippen molar-refractivity contribution in [3.63, 3.8) is 0 Å². The third-order valence-corrected chi connectivity index (χ3v) is 4.51. The highest BCUT2D eigenvalue weighted by molar-refractivity contribution is 5.28. The summed E-state index contributed by atoms with van der Waals surface area (Å²) in [6.45, 7) is 4.18. The lowest BCUT2D eigenvalue weighted by Gasteiger charge is -2.45. The smallest absolute Gasteiger partial charge is 0.297 e. The highest BCUT2D eigenvalue weighted by Crippen LogP contribution is 2.31. The molecule has 2 fully saturated rings. The maximum Gasteiger partial charge on any atom is 0.297 e. The molecule has 0 spiro atoms. The molecule has 2 aliphatic rings. The van der Waals surface area contributed by atoms with Gasteiger partial charge in [0, 0.05) is 25.7 Å². The number of fused-ring (bicyclic) bond motifs is 1. The Hall–Kier alpha value is -1.07. The Balaban J connectivity index is 1.66. The van der Waals surface area contributed by atoms with Gasteiger partial charge in [0.25, 0.3) is 6.01 Å². The van der Waals surface area contributed by atoms with Crippen LogP contribution in [0.15, 0.2) is 10.7 Å². The minimum atomic E-state index is 0.761. The monoisotopic (exact) mass is 264 g/mol. The van der Waals surface area contributed by atoms with Gasteiger partial charge in [-0.15, -0.1) is 0 Å². The Kier molecular flexibility index (Phi) is 3.75. The van der Waals surface area contributed by atoms with Crippen molar-refractivity contribution in [2.75, 3.05) is 38.6 Å². The van der Waals surface area contributed by atoms with Crippen LogP contribution < -0.4 is 10.2 Å². The van der Waals surface area contributed by atoms with Gasteiger partial charge in [-0.05, 0) is 45.8 Å². The summed E-state index contributed by atoms with van der Waals surface area (Å²) in [6.07, 6.45) is 5.66. The second-order valence-corrected chi connectivity index (χ2v) is 5.84. The largest absolute Gasteiger partial charge is 0.432 e. The normalized spacial score (nSPS) is 28.4. The van der Waals surface area contributed by atoms with E-state index in [-0.39, 0.29) is 0 Å². The second-order valence-electron chi connectivity index (χ2n) is 5.84. The van der Waals surface area contributed by atoms with Crippen LogP contribution in [0.4, 0.5) is 6.01 Å². The first kappa shape index (κ1) is 12.9. The van der Waals surface area contributed by atoms with Gasteiger partial charge < -0.3 is 19.5 Å². The molecule has 0 radical (unpaired) electrons. The molecule has 3 heterocycles. The van der Waals surface area contributed by atoms with Crippen LogP contribution in [0.1, 0.15) is 25.0 Å². The molecule has 0 saturated carbocycles. The van der Waals surface area contributed by atoms with Gasteiger partial charge in [0.2, 0.25) is 0 Å². The first-order chi connectivity index (χ1) is 9.28. The summed E-state index contributed by atoms with van der Waals surface area (Å²) in [5.41, 5.74) is 0.986. The van der Waals surface area contributed by atoms with Gasteiger partial charge in [-0.25, -0.2) is 0 Å². The number of likely N-dealkylation sites (tertiary alicyclic amines) is 1. The van der Waals surface area contributed by atoms with Crippen LogP contribution in [0.2, 0.25) is 0 Å². The molecule has 0 aromatic carbocycles. The molecule has 1 aromatic rings. The number of oxazole rings is 1. The van der Waals surface area contributed by atoms with Gasteiger partial charge in [0.1, 0.15) is 6.26 Å². The van der Waals surface area contributed by atoms with Crippen LogP contribution in [0.3, 0.4) is 0 Å². The zero-order chi connectivity index (χ0) is 13.2. The van der Waals surface area contributed by atoms with Crippen LogP contribution >= 0.6 is 0 Å². The molecule has 2 atom stereocenters. The Morgan fingerprint density at radius 1 is 1.42 bits per heavy atom. The molecule has 0 aliphatic carbocycles. The van der Waals surface area contributed by atoms with E-state index >= 15 is 0 Å². The van der Waals surface area contributed by atoms with E-state index < -0.39 is 0 Å². The van der Waals surface area contributed by atoms with Crippen molar-refractivity contribution in [1.82, 2.24) is 15.2 Å². The highest BCUT2D eigenvalue weighted by atomic mass is 16.4. The Morgan fingerprint density at radius 3 is 3.16 bits per heavy atom. The van der Waals surface area contributed by atoms with Crippen molar-refractivity contribution in [2.45, 2.75) is 31.8 Å². The number of hydrogen-bond donors (Lipinski definition) is 1. The quantitative estimate of drug-likeness (QED) is 0.892. The van der Waals surface area contributed by atoms with Gasteiger partial charge in [0.05, 0.1) is 5.69 Å². The molecule has 19 heavy (non-hydrogen) atoms. The molecule has 1 aromatic heterocycles. The van der Waals surface area contributed by atoms with E-state index in [9.17, 15) is 0 Å². The summed E-state index contributed by atoms with van der Waals surface area (Å²) in [7, 11) is 4.19. The van der Waals surface area contributed by atoms with Gasteiger partial charge >= 0.3 is 0 Å². The van der Waals surface area contributed by atoms with Gasteiger partial charge in [0.15, 0.2) is 0 Å². The molecule has 1 N–H and O–H groups in total.